The number of rotatable bonds is 1. The third kappa shape index (κ3) is 1.28. The van der Waals surface area contributed by atoms with Gasteiger partial charge in [0, 0.05) is 6.20 Å². The molecule has 0 aliphatic carbocycles. The number of ether oxygens (including phenoxy) is 1. The van der Waals surface area contributed by atoms with Crippen LogP contribution in [-0.4, -0.2) is 27.0 Å². The van der Waals surface area contributed by atoms with E-state index in [9.17, 15) is 0 Å². The number of aryl methyl sites for hydroxylation is 1. The maximum atomic E-state index is 4.88. The van der Waals surface area contributed by atoms with Crippen LogP contribution in [0.2, 0.25) is 0 Å². The molecule has 0 bridgehead atoms. The molecule has 66 valence electrons. The van der Waals surface area contributed by atoms with Crippen molar-refractivity contribution in [2.24, 2.45) is 0 Å². The minimum absolute atomic E-state index is 0.325. The summed E-state index contributed by atoms with van der Waals surface area (Å²) in [5.74, 6) is 0. The molecular formula is C8H8N4O. The molecule has 0 aromatic carbocycles. The van der Waals surface area contributed by atoms with Crippen molar-refractivity contribution in [3.63, 3.8) is 0 Å². The highest BCUT2D eigenvalue weighted by molar-refractivity contribution is 5.75. The lowest BCUT2D eigenvalue weighted by Gasteiger charge is -2.00. The van der Waals surface area contributed by atoms with Crippen molar-refractivity contribution in [3.8, 4) is 6.01 Å². The third-order valence-electron chi connectivity index (χ3n) is 1.75. The van der Waals surface area contributed by atoms with Crippen LogP contribution in [0, 0.1) is 6.92 Å². The molecule has 2 aromatic heterocycles. The van der Waals surface area contributed by atoms with E-state index in [-0.39, 0.29) is 0 Å². The second-order valence-corrected chi connectivity index (χ2v) is 2.55. The van der Waals surface area contributed by atoms with Gasteiger partial charge in [-0.25, -0.2) is 15.0 Å². The Labute approximate surface area is 74.8 Å². The molecule has 13 heavy (non-hydrogen) atoms. The standard InChI is InChI=1S/C8H8N4O/c1-5-6-3-9-8(13-2)12-7(6)11-4-10-5/h3-4H,1-2H3. The summed E-state index contributed by atoms with van der Waals surface area (Å²) in [4.78, 5) is 16.1. The molecular weight excluding hydrogens is 168 g/mol. The molecule has 0 aliphatic heterocycles. The Bertz CT molecular complexity index is 443. The van der Waals surface area contributed by atoms with Crippen molar-refractivity contribution >= 4 is 11.0 Å². The van der Waals surface area contributed by atoms with Gasteiger partial charge in [-0.05, 0) is 6.92 Å². The summed E-state index contributed by atoms with van der Waals surface area (Å²) >= 11 is 0. The average Bonchev–Trinajstić information content (AvgIpc) is 2.18. The molecule has 0 saturated heterocycles. The second-order valence-electron chi connectivity index (χ2n) is 2.55. The monoisotopic (exact) mass is 176 g/mol. The van der Waals surface area contributed by atoms with Crippen LogP contribution in [0.25, 0.3) is 11.0 Å². The Hall–Kier alpha value is -1.78. The zero-order valence-corrected chi connectivity index (χ0v) is 7.35. The van der Waals surface area contributed by atoms with E-state index in [1.54, 1.807) is 6.20 Å². The first kappa shape index (κ1) is 7.85. The van der Waals surface area contributed by atoms with Crippen LogP contribution in [0.3, 0.4) is 0 Å². The number of nitrogens with zero attached hydrogens (tertiary/aromatic N) is 4. The molecule has 2 aromatic rings. The highest BCUT2D eigenvalue weighted by Crippen LogP contribution is 2.12. The Morgan fingerprint density at radius 2 is 2.08 bits per heavy atom. The molecule has 0 spiro atoms. The summed E-state index contributed by atoms with van der Waals surface area (Å²) in [5, 5.41) is 0.850. The van der Waals surface area contributed by atoms with Crippen molar-refractivity contribution in [1.82, 2.24) is 19.9 Å². The Kier molecular flexibility index (Phi) is 1.77. The van der Waals surface area contributed by atoms with Gasteiger partial charge < -0.3 is 4.74 Å². The lowest BCUT2D eigenvalue weighted by molar-refractivity contribution is 0.381. The molecule has 0 fully saturated rings. The van der Waals surface area contributed by atoms with Crippen LogP contribution in [0.4, 0.5) is 0 Å². The molecule has 0 radical (unpaired) electrons. The SMILES string of the molecule is COc1ncc2c(C)ncnc2n1. The minimum atomic E-state index is 0.325. The zero-order chi connectivity index (χ0) is 9.26. The molecule has 0 amide bonds. The van der Waals surface area contributed by atoms with Gasteiger partial charge in [0.2, 0.25) is 0 Å². The first-order chi connectivity index (χ1) is 6.31. The fourth-order valence-corrected chi connectivity index (χ4v) is 1.05. The number of methoxy groups -OCH3 is 1. The van der Waals surface area contributed by atoms with E-state index >= 15 is 0 Å². The molecule has 0 atom stereocenters. The van der Waals surface area contributed by atoms with Crippen LogP contribution in [-0.2, 0) is 0 Å². The highest BCUT2D eigenvalue weighted by Gasteiger charge is 2.02. The van der Waals surface area contributed by atoms with Crippen LogP contribution >= 0.6 is 0 Å². The molecule has 5 nitrogen and oxygen atoms in total. The van der Waals surface area contributed by atoms with E-state index in [2.05, 4.69) is 19.9 Å². The fourth-order valence-electron chi connectivity index (χ4n) is 1.05. The smallest absolute Gasteiger partial charge is 0.318 e. The predicted octanol–water partition coefficient (Wildman–Crippen LogP) is 0.737. The lowest BCUT2D eigenvalue weighted by atomic mass is 10.3. The summed E-state index contributed by atoms with van der Waals surface area (Å²) < 4.78 is 4.88. The second kappa shape index (κ2) is 2.93. The van der Waals surface area contributed by atoms with Crippen LogP contribution in [0.1, 0.15) is 5.69 Å². The van der Waals surface area contributed by atoms with Gasteiger partial charge in [-0.15, -0.1) is 0 Å². The molecule has 2 rings (SSSR count). The summed E-state index contributed by atoms with van der Waals surface area (Å²) in [7, 11) is 1.52. The largest absolute Gasteiger partial charge is 0.467 e. The van der Waals surface area contributed by atoms with Gasteiger partial charge in [-0.3, -0.25) is 0 Å². The topological polar surface area (TPSA) is 60.8 Å². The third-order valence-corrected chi connectivity index (χ3v) is 1.75. The number of hydrogen-bond donors (Lipinski definition) is 0. The van der Waals surface area contributed by atoms with Gasteiger partial charge in [-0.2, -0.15) is 4.98 Å². The van der Waals surface area contributed by atoms with Gasteiger partial charge in [0.1, 0.15) is 6.33 Å². The molecule has 0 unspecified atom stereocenters. The van der Waals surface area contributed by atoms with Crippen molar-refractivity contribution in [2.45, 2.75) is 6.92 Å². The highest BCUT2D eigenvalue weighted by atomic mass is 16.5. The van der Waals surface area contributed by atoms with E-state index in [1.807, 2.05) is 6.92 Å². The normalized spacial score (nSPS) is 10.3. The molecule has 0 aliphatic rings. The van der Waals surface area contributed by atoms with Gasteiger partial charge in [0.05, 0.1) is 18.2 Å². The van der Waals surface area contributed by atoms with Gasteiger partial charge in [-0.1, -0.05) is 0 Å². The summed E-state index contributed by atoms with van der Waals surface area (Å²) in [5.41, 5.74) is 1.48. The van der Waals surface area contributed by atoms with Crippen LogP contribution in [0.5, 0.6) is 6.01 Å². The molecule has 2 heterocycles. The maximum Gasteiger partial charge on any atom is 0.318 e. The van der Waals surface area contributed by atoms with Gasteiger partial charge >= 0.3 is 6.01 Å². The van der Waals surface area contributed by atoms with E-state index in [4.69, 9.17) is 4.74 Å². The van der Waals surface area contributed by atoms with Gasteiger partial charge in [0.25, 0.3) is 0 Å². The quantitative estimate of drug-likeness (QED) is 0.641. The first-order valence-corrected chi connectivity index (χ1v) is 3.79. The van der Waals surface area contributed by atoms with Crippen molar-refractivity contribution in [1.29, 1.82) is 0 Å². The Morgan fingerprint density at radius 1 is 1.23 bits per heavy atom. The van der Waals surface area contributed by atoms with Crippen molar-refractivity contribution < 1.29 is 4.74 Å². The number of fused-ring (bicyclic) bond motifs is 1. The van der Waals surface area contributed by atoms with Crippen LogP contribution < -0.4 is 4.74 Å². The average molecular weight is 176 g/mol. The first-order valence-electron chi connectivity index (χ1n) is 3.79. The van der Waals surface area contributed by atoms with Crippen molar-refractivity contribution in [3.05, 3.63) is 18.2 Å². The van der Waals surface area contributed by atoms with E-state index in [0.717, 1.165) is 11.1 Å². The molecule has 0 N–H and O–H groups in total. The van der Waals surface area contributed by atoms with Crippen LogP contribution in [0.15, 0.2) is 12.5 Å². The van der Waals surface area contributed by atoms with E-state index in [0.29, 0.717) is 11.7 Å². The fraction of sp³-hybridized carbons (Fsp3) is 0.250. The van der Waals surface area contributed by atoms with E-state index < -0.39 is 0 Å². The lowest BCUT2D eigenvalue weighted by Crippen LogP contribution is -1.95. The van der Waals surface area contributed by atoms with Gasteiger partial charge in [0.15, 0.2) is 5.65 Å². The number of hydrogen-bond acceptors (Lipinski definition) is 5. The summed E-state index contributed by atoms with van der Waals surface area (Å²) in [6, 6.07) is 0.325. The van der Waals surface area contributed by atoms with Crippen molar-refractivity contribution in [2.75, 3.05) is 7.11 Å². The maximum absolute atomic E-state index is 4.88. The Morgan fingerprint density at radius 3 is 2.85 bits per heavy atom. The summed E-state index contributed by atoms with van der Waals surface area (Å²) in [6.45, 7) is 1.89. The Balaban J connectivity index is 2.72. The summed E-state index contributed by atoms with van der Waals surface area (Å²) in [6.07, 6.45) is 3.14. The minimum Gasteiger partial charge on any atom is -0.467 e. The molecule has 5 heteroatoms. The predicted molar refractivity (Wildman–Crippen MR) is 46.4 cm³/mol. The zero-order valence-electron chi connectivity index (χ0n) is 7.35. The molecule has 0 saturated carbocycles. The number of aromatic nitrogens is 4. The van der Waals surface area contributed by atoms with E-state index in [1.165, 1.54) is 13.4 Å².